The molecule has 2 saturated heterocycles. The summed E-state index contributed by atoms with van der Waals surface area (Å²) in [6, 6.07) is 14.1. The van der Waals surface area contributed by atoms with E-state index in [1.54, 1.807) is 14.2 Å². The van der Waals surface area contributed by atoms with Crippen LogP contribution in [-0.4, -0.2) is 75.9 Å². The van der Waals surface area contributed by atoms with Crippen LogP contribution in [0.15, 0.2) is 42.5 Å². The van der Waals surface area contributed by atoms with E-state index in [4.69, 9.17) is 9.47 Å². The number of nitrogens with one attached hydrogen (secondary N) is 1. The molecule has 34 heavy (non-hydrogen) atoms. The number of hydrogen-bond donors (Lipinski definition) is 1. The zero-order valence-electron chi connectivity index (χ0n) is 20.8. The smallest absolute Gasteiger partial charge is 0.321 e. The van der Waals surface area contributed by atoms with E-state index in [0.717, 1.165) is 61.9 Å². The standard InChI is InChI=1S/C27H38N4O3/c1-4-12-29-13-10-21(11-14-29)25-19-22(8-9-26(25)34-3)28-27(32)31-17-15-30(16-18-31)23-6-5-7-24(20-23)33-2/h5-9,19-21H,4,10-18H2,1-3H3,(H,28,32). The molecule has 2 fully saturated rings. The van der Waals surface area contributed by atoms with Crippen molar-refractivity contribution in [2.45, 2.75) is 32.1 Å². The van der Waals surface area contributed by atoms with Gasteiger partial charge in [-0.3, -0.25) is 0 Å². The van der Waals surface area contributed by atoms with Crippen LogP contribution in [0.3, 0.4) is 0 Å². The number of carbonyl (C=O) groups excluding carboxylic acids is 1. The van der Waals surface area contributed by atoms with Crippen LogP contribution in [0.25, 0.3) is 0 Å². The minimum atomic E-state index is -0.0424. The molecule has 1 N–H and O–H groups in total. The van der Waals surface area contributed by atoms with Crippen molar-refractivity contribution in [3.8, 4) is 11.5 Å². The second-order valence-corrected chi connectivity index (χ2v) is 9.18. The van der Waals surface area contributed by atoms with Crippen LogP contribution in [0.4, 0.5) is 16.2 Å². The van der Waals surface area contributed by atoms with Crippen molar-refractivity contribution < 1.29 is 14.3 Å². The Labute approximate surface area is 203 Å². The number of amides is 2. The Hall–Kier alpha value is -2.93. The fourth-order valence-corrected chi connectivity index (χ4v) is 5.09. The molecule has 7 heteroatoms. The molecule has 2 aliphatic rings. The maximum Gasteiger partial charge on any atom is 0.321 e. The van der Waals surface area contributed by atoms with Crippen LogP contribution < -0.4 is 19.7 Å². The van der Waals surface area contributed by atoms with Gasteiger partial charge in [-0.2, -0.15) is 0 Å². The number of methoxy groups -OCH3 is 2. The van der Waals surface area contributed by atoms with Crippen molar-refractivity contribution in [3.63, 3.8) is 0 Å². The quantitative estimate of drug-likeness (QED) is 0.644. The number of urea groups is 1. The molecule has 2 heterocycles. The Morgan fingerprint density at radius 2 is 1.74 bits per heavy atom. The lowest BCUT2D eigenvalue weighted by Gasteiger charge is -2.36. The number of carbonyl (C=O) groups is 1. The summed E-state index contributed by atoms with van der Waals surface area (Å²) in [4.78, 5) is 19.7. The molecule has 2 aliphatic heterocycles. The molecule has 4 rings (SSSR count). The summed E-state index contributed by atoms with van der Waals surface area (Å²) < 4.78 is 11.0. The Kier molecular flexibility index (Phi) is 8.16. The van der Waals surface area contributed by atoms with Crippen LogP contribution in [-0.2, 0) is 0 Å². The minimum Gasteiger partial charge on any atom is -0.497 e. The van der Waals surface area contributed by atoms with E-state index in [1.165, 1.54) is 18.5 Å². The van der Waals surface area contributed by atoms with Crippen molar-refractivity contribution in [1.29, 1.82) is 0 Å². The highest BCUT2D eigenvalue weighted by Gasteiger charge is 2.25. The second-order valence-electron chi connectivity index (χ2n) is 9.18. The third-order valence-electron chi connectivity index (χ3n) is 7.03. The SMILES string of the molecule is CCCN1CCC(c2cc(NC(=O)N3CCN(c4cccc(OC)c4)CC3)ccc2OC)CC1. The Morgan fingerprint density at radius 1 is 0.971 bits per heavy atom. The number of rotatable bonds is 7. The molecule has 0 atom stereocenters. The number of likely N-dealkylation sites (tertiary alicyclic amines) is 1. The lowest BCUT2D eigenvalue weighted by Crippen LogP contribution is -2.50. The average molecular weight is 467 g/mol. The van der Waals surface area contributed by atoms with Crippen molar-refractivity contribution in [3.05, 3.63) is 48.0 Å². The summed E-state index contributed by atoms with van der Waals surface area (Å²) in [6.45, 7) is 8.61. The molecule has 0 aromatic heterocycles. The van der Waals surface area contributed by atoms with Crippen LogP contribution in [0.2, 0.25) is 0 Å². The lowest BCUT2D eigenvalue weighted by molar-refractivity contribution is 0.208. The van der Waals surface area contributed by atoms with Gasteiger partial charge in [-0.05, 0) is 80.7 Å². The first-order valence-electron chi connectivity index (χ1n) is 12.5. The molecular weight excluding hydrogens is 428 g/mol. The number of ether oxygens (including phenoxy) is 2. The Balaban J connectivity index is 1.35. The number of hydrogen-bond acceptors (Lipinski definition) is 5. The van der Waals surface area contributed by atoms with Gasteiger partial charge >= 0.3 is 6.03 Å². The molecule has 0 saturated carbocycles. The largest absolute Gasteiger partial charge is 0.497 e. The summed E-state index contributed by atoms with van der Waals surface area (Å²) in [6.07, 6.45) is 3.45. The molecule has 0 radical (unpaired) electrons. The fraction of sp³-hybridized carbons (Fsp3) is 0.519. The average Bonchev–Trinajstić information content (AvgIpc) is 2.89. The molecule has 0 aliphatic carbocycles. The van der Waals surface area contributed by atoms with Gasteiger partial charge in [0.05, 0.1) is 14.2 Å². The van der Waals surface area contributed by atoms with Gasteiger partial charge in [0.15, 0.2) is 0 Å². The van der Waals surface area contributed by atoms with Gasteiger partial charge in [0.25, 0.3) is 0 Å². The first-order valence-corrected chi connectivity index (χ1v) is 12.5. The second kappa shape index (κ2) is 11.5. The molecule has 0 spiro atoms. The molecule has 0 unspecified atom stereocenters. The van der Waals surface area contributed by atoms with Gasteiger partial charge in [0.1, 0.15) is 11.5 Å². The molecule has 2 aromatic carbocycles. The first kappa shape index (κ1) is 24.2. The van der Waals surface area contributed by atoms with Gasteiger partial charge in [0.2, 0.25) is 0 Å². The molecule has 2 aromatic rings. The highest BCUT2D eigenvalue weighted by Crippen LogP contribution is 2.36. The summed E-state index contributed by atoms with van der Waals surface area (Å²) in [5, 5.41) is 3.13. The maximum atomic E-state index is 13.0. The lowest BCUT2D eigenvalue weighted by atomic mass is 9.88. The maximum absolute atomic E-state index is 13.0. The topological polar surface area (TPSA) is 57.3 Å². The fourth-order valence-electron chi connectivity index (χ4n) is 5.09. The van der Waals surface area contributed by atoms with Crippen LogP contribution in [0.5, 0.6) is 11.5 Å². The van der Waals surface area contributed by atoms with E-state index in [9.17, 15) is 4.79 Å². The monoisotopic (exact) mass is 466 g/mol. The van der Waals surface area contributed by atoms with Crippen molar-refractivity contribution in [1.82, 2.24) is 9.80 Å². The Morgan fingerprint density at radius 3 is 2.41 bits per heavy atom. The normalized spacial score (nSPS) is 17.5. The van der Waals surface area contributed by atoms with Gasteiger partial charge in [-0.15, -0.1) is 0 Å². The molecular formula is C27H38N4O3. The predicted molar refractivity (Wildman–Crippen MR) is 137 cm³/mol. The number of benzene rings is 2. The number of nitrogens with zero attached hydrogens (tertiary/aromatic N) is 3. The zero-order valence-corrected chi connectivity index (χ0v) is 20.8. The van der Waals surface area contributed by atoms with Crippen LogP contribution in [0.1, 0.15) is 37.7 Å². The number of piperidine rings is 1. The van der Waals surface area contributed by atoms with Crippen molar-refractivity contribution in [2.24, 2.45) is 0 Å². The highest BCUT2D eigenvalue weighted by molar-refractivity contribution is 5.89. The van der Waals surface area contributed by atoms with Gasteiger partial charge in [-0.25, -0.2) is 4.79 Å². The van der Waals surface area contributed by atoms with Crippen LogP contribution >= 0.6 is 0 Å². The molecule has 184 valence electrons. The summed E-state index contributed by atoms with van der Waals surface area (Å²) in [7, 11) is 3.41. The molecule has 7 nitrogen and oxygen atoms in total. The predicted octanol–water partition coefficient (Wildman–Crippen LogP) is 4.65. The number of piperazine rings is 1. The highest BCUT2D eigenvalue weighted by atomic mass is 16.5. The Bertz CT molecular complexity index is 951. The molecule has 0 bridgehead atoms. The summed E-state index contributed by atoms with van der Waals surface area (Å²) >= 11 is 0. The van der Waals surface area contributed by atoms with Crippen LogP contribution in [0, 0.1) is 0 Å². The summed E-state index contributed by atoms with van der Waals surface area (Å²) in [5.41, 5.74) is 3.18. The van der Waals surface area contributed by atoms with E-state index in [-0.39, 0.29) is 6.03 Å². The van der Waals surface area contributed by atoms with Crippen molar-refractivity contribution in [2.75, 3.05) is 70.2 Å². The van der Waals surface area contributed by atoms with Crippen molar-refractivity contribution >= 4 is 17.4 Å². The summed E-state index contributed by atoms with van der Waals surface area (Å²) in [5.74, 6) is 2.23. The van der Waals surface area contributed by atoms with Gasteiger partial charge < -0.3 is 29.5 Å². The van der Waals surface area contributed by atoms with Gasteiger partial charge in [0, 0.05) is 43.6 Å². The van der Waals surface area contributed by atoms with Gasteiger partial charge in [-0.1, -0.05) is 13.0 Å². The van der Waals surface area contributed by atoms with E-state index >= 15 is 0 Å². The number of anilines is 2. The first-order chi connectivity index (χ1) is 16.6. The third-order valence-corrected chi connectivity index (χ3v) is 7.03. The van der Waals surface area contributed by atoms with E-state index in [1.807, 2.05) is 35.2 Å². The third kappa shape index (κ3) is 5.76. The zero-order chi connectivity index (χ0) is 23.9. The molecule has 2 amide bonds. The van der Waals surface area contributed by atoms with E-state index < -0.39 is 0 Å². The van der Waals surface area contributed by atoms with E-state index in [2.05, 4.69) is 34.2 Å². The minimum absolute atomic E-state index is 0.0424. The van der Waals surface area contributed by atoms with E-state index in [0.29, 0.717) is 19.0 Å².